The molecule has 0 spiro atoms. The molecule has 1 aliphatic heterocycles. The Morgan fingerprint density at radius 3 is 2.78 bits per heavy atom. The minimum absolute atomic E-state index is 0.0316. The molecular weight excluding hydrogens is 293 g/mol. The summed E-state index contributed by atoms with van der Waals surface area (Å²) in [6.45, 7) is 4.38. The van der Waals surface area contributed by atoms with Gasteiger partial charge in [0.05, 0.1) is 16.8 Å². The average molecular weight is 315 g/mol. The maximum absolute atomic E-state index is 13.3. The number of halogens is 1. The number of hydrogen-bond acceptors (Lipinski definition) is 3. The highest BCUT2D eigenvalue weighted by atomic mass is 19.1. The zero-order valence-corrected chi connectivity index (χ0v) is 13.6. The van der Waals surface area contributed by atoms with E-state index in [1.807, 2.05) is 24.9 Å². The SMILES string of the molecule is CNCC1CCN(C(=O)c2cc3ccc(F)cc3nc2C)CC1. The Balaban J connectivity index is 1.81. The Morgan fingerprint density at radius 2 is 2.09 bits per heavy atom. The van der Waals surface area contributed by atoms with Gasteiger partial charge in [-0.25, -0.2) is 4.39 Å². The molecule has 1 amide bonds. The molecule has 1 fully saturated rings. The van der Waals surface area contributed by atoms with Crippen LogP contribution in [0.15, 0.2) is 24.3 Å². The van der Waals surface area contributed by atoms with Crippen LogP contribution >= 0.6 is 0 Å². The molecule has 5 heteroatoms. The first-order valence-electron chi connectivity index (χ1n) is 8.09. The highest BCUT2D eigenvalue weighted by Crippen LogP contribution is 2.22. The van der Waals surface area contributed by atoms with Gasteiger partial charge in [0.25, 0.3) is 5.91 Å². The van der Waals surface area contributed by atoms with Crippen LogP contribution in [-0.2, 0) is 0 Å². The minimum Gasteiger partial charge on any atom is -0.339 e. The summed E-state index contributed by atoms with van der Waals surface area (Å²) in [5.41, 5.74) is 1.87. The molecule has 2 aromatic rings. The van der Waals surface area contributed by atoms with Crippen molar-refractivity contribution in [2.75, 3.05) is 26.7 Å². The molecule has 2 heterocycles. The van der Waals surface area contributed by atoms with Crippen molar-refractivity contribution >= 4 is 16.8 Å². The predicted molar refractivity (Wildman–Crippen MR) is 89.0 cm³/mol. The molecular formula is C18H22FN3O. The molecule has 1 aromatic carbocycles. The Kier molecular flexibility index (Phi) is 4.57. The molecule has 23 heavy (non-hydrogen) atoms. The minimum atomic E-state index is -0.310. The number of fused-ring (bicyclic) bond motifs is 1. The van der Waals surface area contributed by atoms with E-state index in [1.165, 1.54) is 12.1 Å². The zero-order chi connectivity index (χ0) is 16.4. The maximum atomic E-state index is 13.3. The monoisotopic (exact) mass is 315 g/mol. The molecule has 0 atom stereocenters. The summed E-state index contributed by atoms with van der Waals surface area (Å²) in [7, 11) is 1.96. The first kappa shape index (κ1) is 15.9. The number of aryl methyl sites for hydroxylation is 1. The second-order valence-electron chi connectivity index (χ2n) is 6.25. The van der Waals surface area contributed by atoms with Crippen molar-refractivity contribution < 1.29 is 9.18 Å². The summed E-state index contributed by atoms with van der Waals surface area (Å²) in [5.74, 6) is 0.363. The number of aromatic nitrogens is 1. The highest BCUT2D eigenvalue weighted by Gasteiger charge is 2.24. The number of rotatable bonds is 3. The van der Waals surface area contributed by atoms with E-state index in [0.29, 0.717) is 22.7 Å². The number of nitrogens with one attached hydrogen (secondary N) is 1. The van der Waals surface area contributed by atoms with Gasteiger partial charge in [-0.3, -0.25) is 9.78 Å². The van der Waals surface area contributed by atoms with Gasteiger partial charge in [-0.1, -0.05) is 0 Å². The predicted octanol–water partition coefficient (Wildman–Crippen LogP) is 2.75. The topological polar surface area (TPSA) is 45.2 Å². The molecule has 1 N–H and O–H groups in total. The average Bonchev–Trinajstić information content (AvgIpc) is 2.54. The molecule has 1 aromatic heterocycles. The smallest absolute Gasteiger partial charge is 0.255 e. The van der Waals surface area contributed by atoms with E-state index in [4.69, 9.17) is 0 Å². The Morgan fingerprint density at radius 1 is 1.35 bits per heavy atom. The molecule has 4 nitrogen and oxygen atoms in total. The standard InChI is InChI=1S/C18H22FN3O/c1-12-16(9-14-3-4-15(19)10-17(14)21-12)18(23)22-7-5-13(6-8-22)11-20-2/h3-4,9-10,13,20H,5-8,11H2,1-2H3. The van der Waals surface area contributed by atoms with Crippen LogP contribution in [0.4, 0.5) is 4.39 Å². The van der Waals surface area contributed by atoms with Crippen LogP contribution in [0, 0.1) is 18.7 Å². The van der Waals surface area contributed by atoms with Gasteiger partial charge in [0.2, 0.25) is 0 Å². The number of pyridine rings is 1. The molecule has 0 saturated carbocycles. The van der Waals surface area contributed by atoms with Crippen molar-refractivity contribution in [3.8, 4) is 0 Å². The second kappa shape index (κ2) is 6.62. The van der Waals surface area contributed by atoms with Crippen LogP contribution < -0.4 is 5.32 Å². The fraction of sp³-hybridized carbons (Fsp3) is 0.444. The van der Waals surface area contributed by atoms with Gasteiger partial charge in [0, 0.05) is 24.5 Å². The lowest BCUT2D eigenvalue weighted by molar-refractivity contribution is 0.0690. The Labute approximate surface area is 135 Å². The van der Waals surface area contributed by atoms with Crippen molar-refractivity contribution in [3.05, 3.63) is 41.3 Å². The van der Waals surface area contributed by atoms with Gasteiger partial charge < -0.3 is 10.2 Å². The van der Waals surface area contributed by atoms with Crippen molar-refractivity contribution in [1.82, 2.24) is 15.2 Å². The first-order valence-corrected chi connectivity index (χ1v) is 8.09. The van der Waals surface area contributed by atoms with E-state index in [9.17, 15) is 9.18 Å². The fourth-order valence-corrected chi connectivity index (χ4v) is 3.25. The van der Waals surface area contributed by atoms with E-state index in [0.717, 1.165) is 37.9 Å². The van der Waals surface area contributed by atoms with Crippen molar-refractivity contribution in [2.45, 2.75) is 19.8 Å². The highest BCUT2D eigenvalue weighted by molar-refractivity contribution is 5.98. The van der Waals surface area contributed by atoms with Crippen LogP contribution in [0.25, 0.3) is 10.9 Å². The Hall–Kier alpha value is -2.01. The molecule has 0 radical (unpaired) electrons. The van der Waals surface area contributed by atoms with Crippen LogP contribution in [0.5, 0.6) is 0 Å². The number of hydrogen-bond donors (Lipinski definition) is 1. The molecule has 0 aliphatic carbocycles. The third kappa shape index (κ3) is 3.34. The first-order chi connectivity index (χ1) is 11.1. The molecule has 122 valence electrons. The lowest BCUT2D eigenvalue weighted by atomic mass is 9.96. The zero-order valence-electron chi connectivity index (χ0n) is 13.6. The van der Waals surface area contributed by atoms with E-state index >= 15 is 0 Å². The van der Waals surface area contributed by atoms with Gasteiger partial charge in [0.15, 0.2) is 0 Å². The summed E-state index contributed by atoms with van der Waals surface area (Å²) in [6, 6.07) is 6.31. The molecule has 0 unspecified atom stereocenters. The number of benzene rings is 1. The summed E-state index contributed by atoms with van der Waals surface area (Å²) < 4.78 is 13.3. The van der Waals surface area contributed by atoms with Crippen molar-refractivity contribution in [3.63, 3.8) is 0 Å². The van der Waals surface area contributed by atoms with Gasteiger partial charge in [-0.2, -0.15) is 0 Å². The molecule has 3 rings (SSSR count). The van der Waals surface area contributed by atoms with Gasteiger partial charge >= 0.3 is 0 Å². The van der Waals surface area contributed by atoms with Crippen molar-refractivity contribution in [1.29, 1.82) is 0 Å². The van der Waals surface area contributed by atoms with E-state index in [2.05, 4.69) is 10.3 Å². The van der Waals surface area contributed by atoms with Crippen LogP contribution in [0.2, 0.25) is 0 Å². The Bertz CT molecular complexity index is 724. The van der Waals surface area contributed by atoms with E-state index in [-0.39, 0.29) is 11.7 Å². The van der Waals surface area contributed by atoms with Crippen LogP contribution in [0.3, 0.4) is 0 Å². The third-order valence-corrected chi connectivity index (χ3v) is 4.60. The number of likely N-dealkylation sites (tertiary alicyclic amines) is 1. The van der Waals surface area contributed by atoms with Gasteiger partial charge in [-0.05, 0) is 57.5 Å². The lowest BCUT2D eigenvalue weighted by Crippen LogP contribution is -2.40. The lowest BCUT2D eigenvalue weighted by Gasteiger charge is -2.32. The molecule has 0 bridgehead atoms. The summed E-state index contributed by atoms with van der Waals surface area (Å²) in [4.78, 5) is 19.1. The fourth-order valence-electron chi connectivity index (χ4n) is 3.25. The molecule has 1 saturated heterocycles. The second-order valence-corrected chi connectivity index (χ2v) is 6.25. The maximum Gasteiger partial charge on any atom is 0.255 e. The van der Waals surface area contributed by atoms with E-state index in [1.54, 1.807) is 6.07 Å². The summed E-state index contributed by atoms with van der Waals surface area (Å²) >= 11 is 0. The van der Waals surface area contributed by atoms with Gasteiger partial charge in [-0.15, -0.1) is 0 Å². The number of nitrogens with zero attached hydrogens (tertiary/aromatic N) is 2. The largest absolute Gasteiger partial charge is 0.339 e. The number of piperidine rings is 1. The van der Waals surface area contributed by atoms with E-state index < -0.39 is 0 Å². The van der Waals surface area contributed by atoms with Crippen molar-refractivity contribution in [2.24, 2.45) is 5.92 Å². The van der Waals surface area contributed by atoms with Crippen LogP contribution in [0.1, 0.15) is 28.9 Å². The summed E-state index contributed by atoms with van der Waals surface area (Å²) in [5, 5.41) is 4.00. The number of amides is 1. The quantitative estimate of drug-likeness (QED) is 0.947. The normalized spacial score (nSPS) is 16.0. The van der Waals surface area contributed by atoms with Crippen LogP contribution in [-0.4, -0.2) is 42.5 Å². The summed E-state index contributed by atoms with van der Waals surface area (Å²) in [6.07, 6.45) is 2.05. The number of carbonyl (C=O) groups is 1. The number of carbonyl (C=O) groups excluding carboxylic acids is 1. The molecule has 1 aliphatic rings. The van der Waals surface area contributed by atoms with Gasteiger partial charge in [0.1, 0.15) is 5.82 Å². The third-order valence-electron chi connectivity index (χ3n) is 4.60.